The van der Waals surface area contributed by atoms with Gasteiger partial charge in [-0.25, -0.2) is 0 Å². The molecule has 0 heterocycles. The first-order valence-corrected chi connectivity index (χ1v) is 4.93. The molecule has 0 saturated carbocycles. The van der Waals surface area contributed by atoms with Gasteiger partial charge in [0.2, 0.25) is 0 Å². The van der Waals surface area contributed by atoms with Gasteiger partial charge in [-0.3, -0.25) is 0 Å². The molecule has 56 valence electrons. The van der Waals surface area contributed by atoms with Gasteiger partial charge in [0.05, 0.1) is 0 Å². The summed E-state index contributed by atoms with van der Waals surface area (Å²) in [5, 5.41) is 0. The van der Waals surface area contributed by atoms with Gasteiger partial charge >= 0.3 is 56.4 Å². The predicted octanol–water partition coefficient (Wildman–Crippen LogP) is 0.658. The van der Waals surface area contributed by atoms with Crippen LogP contribution >= 0.6 is 0 Å². The van der Waals surface area contributed by atoms with E-state index in [9.17, 15) is 0 Å². The number of hydrogen-bond donors (Lipinski definition) is 0. The molecular formula is C9H14NSn+3. The first kappa shape index (κ1) is 11.0. The van der Waals surface area contributed by atoms with Crippen LogP contribution in [0.2, 0.25) is 0 Å². The quantitative estimate of drug-likeness (QED) is 0.615. The van der Waals surface area contributed by atoms with Crippen molar-refractivity contribution in [2.24, 2.45) is 0 Å². The minimum atomic E-state index is 1.41. The summed E-state index contributed by atoms with van der Waals surface area (Å²) in [7, 11) is 6.00. The van der Waals surface area contributed by atoms with Gasteiger partial charge in [-0.05, 0) is 21.1 Å². The summed E-state index contributed by atoms with van der Waals surface area (Å²) in [4.78, 5) is 2.00. The third kappa shape index (κ3) is 9.98. The molecular weight excluding hydrogens is 241 g/mol. The molecule has 0 aliphatic heterocycles. The van der Waals surface area contributed by atoms with E-state index < -0.39 is 0 Å². The summed E-state index contributed by atoms with van der Waals surface area (Å²) in [6.45, 7) is 0. The molecule has 0 unspecified atom stereocenters. The van der Waals surface area contributed by atoms with Crippen molar-refractivity contribution in [3.05, 3.63) is 30.3 Å². The van der Waals surface area contributed by atoms with Crippen molar-refractivity contribution < 1.29 is 0 Å². The van der Waals surface area contributed by atoms with Crippen molar-refractivity contribution in [3.63, 3.8) is 0 Å². The zero-order valence-corrected chi connectivity index (χ0v) is 10.2. The Kier molecular flexibility index (Phi) is 6.66. The second-order valence-electron chi connectivity index (χ2n) is 2.71. The van der Waals surface area contributed by atoms with Crippen molar-refractivity contribution in [1.82, 2.24) is 4.90 Å². The zero-order valence-electron chi connectivity index (χ0n) is 7.33. The van der Waals surface area contributed by atoms with E-state index in [2.05, 4.69) is 24.3 Å². The average molecular weight is 255 g/mol. The zero-order chi connectivity index (χ0) is 8.69. The first-order chi connectivity index (χ1) is 5.13. The Hall–Kier alpha value is -0.0213. The van der Waals surface area contributed by atoms with Gasteiger partial charge in [0.15, 0.2) is 0 Å². The molecule has 0 saturated heterocycles. The molecule has 11 heavy (non-hydrogen) atoms. The van der Waals surface area contributed by atoms with Gasteiger partial charge < -0.3 is 4.90 Å². The number of rotatable bonds is 0. The molecule has 1 aromatic rings. The van der Waals surface area contributed by atoms with Crippen LogP contribution in [0.3, 0.4) is 0 Å². The number of nitrogens with zero attached hydrogens (tertiary/aromatic N) is 1. The molecule has 0 amide bonds. The van der Waals surface area contributed by atoms with Crippen molar-refractivity contribution in [2.45, 2.75) is 0 Å². The van der Waals surface area contributed by atoms with Gasteiger partial charge in [-0.1, -0.05) is 0 Å². The van der Waals surface area contributed by atoms with Crippen molar-refractivity contribution in [2.75, 3.05) is 21.1 Å². The Morgan fingerprint density at radius 1 is 1.00 bits per heavy atom. The van der Waals surface area contributed by atoms with Crippen molar-refractivity contribution in [3.8, 4) is 0 Å². The topological polar surface area (TPSA) is 3.24 Å². The van der Waals surface area contributed by atoms with E-state index in [1.807, 2.05) is 32.1 Å². The van der Waals surface area contributed by atoms with Crippen LogP contribution in [-0.2, 0) is 0 Å². The van der Waals surface area contributed by atoms with E-state index >= 15 is 0 Å². The monoisotopic (exact) mass is 256 g/mol. The maximum absolute atomic E-state index is 2.12. The van der Waals surface area contributed by atoms with Crippen LogP contribution in [0.25, 0.3) is 0 Å². The summed E-state index contributed by atoms with van der Waals surface area (Å²) in [6.07, 6.45) is 0. The van der Waals surface area contributed by atoms with Crippen LogP contribution < -0.4 is 3.58 Å². The van der Waals surface area contributed by atoms with E-state index in [1.54, 1.807) is 0 Å². The molecule has 0 fully saturated rings. The van der Waals surface area contributed by atoms with Crippen molar-refractivity contribution in [1.29, 1.82) is 0 Å². The molecule has 0 aliphatic rings. The van der Waals surface area contributed by atoms with Gasteiger partial charge in [0, 0.05) is 0 Å². The van der Waals surface area contributed by atoms with E-state index in [4.69, 9.17) is 0 Å². The Balaban J connectivity index is 0.000000218. The SMILES string of the molecule is CN(C)C.[Sn+3][c]1ccccc1. The van der Waals surface area contributed by atoms with E-state index in [-0.39, 0.29) is 0 Å². The van der Waals surface area contributed by atoms with Crippen LogP contribution in [0.15, 0.2) is 30.3 Å². The molecule has 0 aromatic heterocycles. The average Bonchev–Trinajstić information content (AvgIpc) is 1.87. The molecule has 0 spiro atoms. The van der Waals surface area contributed by atoms with Gasteiger partial charge in [0.1, 0.15) is 0 Å². The van der Waals surface area contributed by atoms with Crippen LogP contribution in [0.4, 0.5) is 0 Å². The van der Waals surface area contributed by atoms with Crippen molar-refractivity contribution >= 4 is 26.1 Å². The fourth-order valence-corrected chi connectivity index (χ4v) is 0.987. The molecule has 0 radical (unpaired) electrons. The van der Waals surface area contributed by atoms with Crippen LogP contribution in [0.1, 0.15) is 0 Å². The first-order valence-electron chi connectivity index (χ1n) is 3.50. The van der Waals surface area contributed by atoms with Crippen LogP contribution in [0, 0.1) is 0 Å². The molecule has 1 nitrogen and oxygen atoms in total. The summed E-state index contributed by atoms with van der Waals surface area (Å²) < 4.78 is 1.41. The normalized spacial score (nSPS) is 8.91. The van der Waals surface area contributed by atoms with Gasteiger partial charge in [-0.15, -0.1) is 0 Å². The standard InChI is InChI=1S/C6H5.C3H9N.Sn/c1-2-4-6-5-3-1;1-4(2)3;/h1-5H;1-3H3;/q;;+3. The summed E-state index contributed by atoms with van der Waals surface area (Å²) in [5.41, 5.74) is 0. The third-order valence-electron chi connectivity index (χ3n) is 0.774. The number of benzene rings is 1. The summed E-state index contributed by atoms with van der Waals surface area (Å²) in [5.74, 6) is 0. The Bertz CT molecular complexity index is 169. The van der Waals surface area contributed by atoms with Crippen LogP contribution in [0.5, 0.6) is 0 Å². The number of hydrogen-bond acceptors (Lipinski definition) is 1. The predicted molar refractivity (Wildman–Crippen MR) is 51.4 cm³/mol. The fourth-order valence-electron chi connectivity index (χ4n) is 0.438. The van der Waals surface area contributed by atoms with E-state index in [0.29, 0.717) is 0 Å². The second-order valence-corrected chi connectivity index (χ2v) is 4.36. The fraction of sp³-hybridized carbons (Fsp3) is 0.333. The molecule has 0 bridgehead atoms. The minimum absolute atomic E-state index is 1.41. The Morgan fingerprint density at radius 2 is 1.36 bits per heavy atom. The third-order valence-corrected chi connectivity index (χ3v) is 1.73. The molecule has 0 N–H and O–H groups in total. The molecule has 1 rings (SSSR count). The summed E-state index contributed by atoms with van der Waals surface area (Å²) in [6, 6.07) is 10.4. The Morgan fingerprint density at radius 3 is 1.55 bits per heavy atom. The Labute approximate surface area is 82.5 Å². The molecule has 0 aliphatic carbocycles. The summed E-state index contributed by atoms with van der Waals surface area (Å²) >= 11 is 1.49. The maximum atomic E-state index is 2.12. The van der Waals surface area contributed by atoms with Crippen LogP contribution in [-0.4, -0.2) is 48.6 Å². The van der Waals surface area contributed by atoms with Gasteiger partial charge in [-0.2, -0.15) is 0 Å². The molecule has 2 heteroatoms. The van der Waals surface area contributed by atoms with E-state index in [1.165, 1.54) is 26.1 Å². The molecule has 0 atom stereocenters. The second kappa shape index (κ2) is 6.67. The van der Waals surface area contributed by atoms with Gasteiger partial charge in [0.25, 0.3) is 0 Å². The molecule has 1 aromatic carbocycles. The van der Waals surface area contributed by atoms with E-state index in [0.717, 1.165) is 0 Å².